The Morgan fingerprint density at radius 3 is 2.55 bits per heavy atom. The standard InChI is InChI=1S/C18H21NO/c1-3-12-20-18-7-5-6-16(13-18)14-19-17-10-8-15(4-2)9-11-17/h5-11,13-14H,3-4,12H2,1-2H3. The lowest BCUT2D eigenvalue weighted by Crippen LogP contribution is -1.95. The number of hydrogen-bond acceptors (Lipinski definition) is 2. The number of aryl methyl sites for hydroxylation is 1. The fraction of sp³-hybridized carbons (Fsp3) is 0.278. The van der Waals surface area contributed by atoms with Gasteiger partial charge in [-0.2, -0.15) is 0 Å². The van der Waals surface area contributed by atoms with Gasteiger partial charge in [-0.3, -0.25) is 4.99 Å². The molecule has 2 nitrogen and oxygen atoms in total. The Balaban J connectivity index is 2.06. The number of benzene rings is 2. The molecule has 0 radical (unpaired) electrons. The molecule has 2 heteroatoms. The van der Waals surface area contributed by atoms with Crippen LogP contribution in [0.15, 0.2) is 53.5 Å². The molecule has 2 aromatic carbocycles. The maximum absolute atomic E-state index is 5.62. The first-order chi connectivity index (χ1) is 9.81. The third-order valence-electron chi connectivity index (χ3n) is 3.04. The van der Waals surface area contributed by atoms with E-state index >= 15 is 0 Å². The normalized spacial score (nSPS) is 10.9. The van der Waals surface area contributed by atoms with Crippen LogP contribution in [0.25, 0.3) is 0 Å². The summed E-state index contributed by atoms with van der Waals surface area (Å²) < 4.78 is 5.62. The monoisotopic (exact) mass is 267 g/mol. The lowest BCUT2D eigenvalue weighted by molar-refractivity contribution is 0.317. The molecule has 104 valence electrons. The van der Waals surface area contributed by atoms with E-state index in [-0.39, 0.29) is 0 Å². The van der Waals surface area contributed by atoms with Gasteiger partial charge >= 0.3 is 0 Å². The van der Waals surface area contributed by atoms with Crippen LogP contribution in [-0.2, 0) is 6.42 Å². The molecule has 0 aromatic heterocycles. The van der Waals surface area contributed by atoms with Gasteiger partial charge in [-0.15, -0.1) is 0 Å². The highest BCUT2D eigenvalue weighted by atomic mass is 16.5. The van der Waals surface area contributed by atoms with Crippen molar-refractivity contribution in [2.24, 2.45) is 4.99 Å². The quantitative estimate of drug-likeness (QED) is 0.690. The second-order valence-corrected chi connectivity index (χ2v) is 4.70. The van der Waals surface area contributed by atoms with Gasteiger partial charge in [0.05, 0.1) is 12.3 Å². The molecule has 2 rings (SSSR count). The molecule has 0 aliphatic rings. The Bertz CT molecular complexity index is 558. The molecule has 20 heavy (non-hydrogen) atoms. The molecule has 0 spiro atoms. The summed E-state index contributed by atoms with van der Waals surface area (Å²) in [5.41, 5.74) is 3.36. The van der Waals surface area contributed by atoms with Crippen molar-refractivity contribution in [3.05, 3.63) is 59.7 Å². The van der Waals surface area contributed by atoms with Crippen LogP contribution in [0.4, 0.5) is 5.69 Å². The summed E-state index contributed by atoms with van der Waals surface area (Å²) in [6.45, 7) is 5.00. The van der Waals surface area contributed by atoms with Crippen molar-refractivity contribution >= 4 is 11.9 Å². The molecule has 0 atom stereocenters. The third kappa shape index (κ3) is 4.23. The predicted molar refractivity (Wildman–Crippen MR) is 85.3 cm³/mol. The van der Waals surface area contributed by atoms with Crippen molar-refractivity contribution in [3.63, 3.8) is 0 Å². The molecule has 0 heterocycles. The minimum Gasteiger partial charge on any atom is -0.494 e. The molecule has 0 fully saturated rings. The fourth-order valence-corrected chi connectivity index (χ4v) is 1.87. The van der Waals surface area contributed by atoms with E-state index in [1.807, 2.05) is 42.6 Å². The molecule has 0 N–H and O–H groups in total. The summed E-state index contributed by atoms with van der Waals surface area (Å²) in [6.07, 6.45) is 3.95. The summed E-state index contributed by atoms with van der Waals surface area (Å²) >= 11 is 0. The summed E-state index contributed by atoms with van der Waals surface area (Å²) in [7, 11) is 0. The largest absolute Gasteiger partial charge is 0.494 e. The Kier molecular flexibility index (Phi) is 5.36. The molecule has 0 bridgehead atoms. The maximum Gasteiger partial charge on any atom is 0.119 e. The van der Waals surface area contributed by atoms with Crippen molar-refractivity contribution < 1.29 is 4.74 Å². The van der Waals surface area contributed by atoms with Crippen molar-refractivity contribution in [2.75, 3.05) is 6.61 Å². The summed E-state index contributed by atoms with van der Waals surface area (Å²) in [5, 5.41) is 0. The van der Waals surface area contributed by atoms with E-state index in [0.717, 1.165) is 36.4 Å². The molecule has 0 amide bonds. The molecule has 0 aliphatic heterocycles. The highest BCUT2D eigenvalue weighted by Gasteiger charge is 1.95. The average molecular weight is 267 g/mol. The molecular formula is C18H21NO. The molecule has 0 saturated heterocycles. The van der Waals surface area contributed by atoms with Gasteiger partial charge in [0.15, 0.2) is 0 Å². The van der Waals surface area contributed by atoms with Gasteiger partial charge in [0.2, 0.25) is 0 Å². The van der Waals surface area contributed by atoms with Crippen LogP contribution in [0, 0.1) is 0 Å². The van der Waals surface area contributed by atoms with Crippen LogP contribution in [-0.4, -0.2) is 12.8 Å². The van der Waals surface area contributed by atoms with Gasteiger partial charge in [-0.25, -0.2) is 0 Å². The van der Waals surface area contributed by atoms with Crippen LogP contribution in [0.1, 0.15) is 31.4 Å². The van der Waals surface area contributed by atoms with Crippen molar-refractivity contribution in [1.82, 2.24) is 0 Å². The van der Waals surface area contributed by atoms with Gasteiger partial charge < -0.3 is 4.74 Å². The fourth-order valence-electron chi connectivity index (χ4n) is 1.87. The zero-order valence-electron chi connectivity index (χ0n) is 12.2. The Hall–Kier alpha value is -2.09. The van der Waals surface area contributed by atoms with E-state index in [4.69, 9.17) is 4.74 Å². The van der Waals surface area contributed by atoms with Crippen LogP contribution in [0.2, 0.25) is 0 Å². The topological polar surface area (TPSA) is 21.6 Å². The first-order valence-electron chi connectivity index (χ1n) is 7.17. The van der Waals surface area contributed by atoms with E-state index in [1.54, 1.807) is 0 Å². The van der Waals surface area contributed by atoms with E-state index in [0.29, 0.717) is 0 Å². The van der Waals surface area contributed by atoms with Crippen LogP contribution in [0.3, 0.4) is 0 Å². The van der Waals surface area contributed by atoms with Gasteiger partial charge in [0.25, 0.3) is 0 Å². The summed E-state index contributed by atoms with van der Waals surface area (Å²) in [5.74, 6) is 0.900. The maximum atomic E-state index is 5.62. The number of hydrogen-bond donors (Lipinski definition) is 0. The first-order valence-corrected chi connectivity index (χ1v) is 7.17. The predicted octanol–water partition coefficient (Wildman–Crippen LogP) is 4.79. The molecule has 2 aromatic rings. The lowest BCUT2D eigenvalue weighted by Gasteiger charge is -2.04. The summed E-state index contributed by atoms with van der Waals surface area (Å²) in [4.78, 5) is 4.49. The number of rotatable bonds is 6. The van der Waals surface area contributed by atoms with Crippen LogP contribution < -0.4 is 4.74 Å². The second-order valence-electron chi connectivity index (χ2n) is 4.70. The van der Waals surface area contributed by atoms with Crippen molar-refractivity contribution in [1.29, 1.82) is 0 Å². The van der Waals surface area contributed by atoms with Gasteiger partial charge in [-0.1, -0.05) is 38.1 Å². The minimum absolute atomic E-state index is 0.749. The van der Waals surface area contributed by atoms with Gasteiger partial charge in [-0.05, 0) is 48.2 Å². The van der Waals surface area contributed by atoms with Crippen LogP contribution >= 0.6 is 0 Å². The van der Waals surface area contributed by atoms with E-state index in [2.05, 4.69) is 31.0 Å². The van der Waals surface area contributed by atoms with Crippen molar-refractivity contribution in [2.45, 2.75) is 26.7 Å². The van der Waals surface area contributed by atoms with Crippen LogP contribution in [0.5, 0.6) is 5.75 Å². The van der Waals surface area contributed by atoms with E-state index < -0.39 is 0 Å². The van der Waals surface area contributed by atoms with E-state index in [9.17, 15) is 0 Å². The SMILES string of the molecule is CCCOc1cccc(C=Nc2ccc(CC)cc2)c1. The zero-order valence-corrected chi connectivity index (χ0v) is 12.2. The molecule has 0 saturated carbocycles. The molecular weight excluding hydrogens is 246 g/mol. The van der Waals surface area contributed by atoms with Gasteiger partial charge in [0.1, 0.15) is 5.75 Å². The minimum atomic E-state index is 0.749. The Labute approximate surface area is 121 Å². The average Bonchev–Trinajstić information content (AvgIpc) is 2.52. The Morgan fingerprint density at radius 2 is 1.85 bits per heavy atom. The van der Waals surface area contributed by atoms with Gasteiger partial charge in [0, 0.05) is 6.21 Å². The number of aliphatic imine (C=N–C) groups is 1. The smallest absolute Gasteiger partial charge is 0.119 e. The number of nitrogens with zero attached hydrogens (tertiary/aromatic N) is 1. The van der Waals surface area contributed by atoms with Crippen molar-refractivity contribution in [3.8, 4) is 5.75 Å². The second kappa shape index (κ2) is 7.49. The highest BCUT2D eigenvalue weighted by Crippen LogP contribution is 2.15. The Morgan fingerprint density at radius 1 is 1.05 bits per heavy atom. The molecule has 0 aliphatic carbocycles. The summed E-state index contributed by atoms with van der Waals surface area (Å²) in [6, 6.07) is 16.3. The zero-order chi connectivity index (χ0) is 14.2. The number of ether oxygens (including phenoxy) is 1. The first kappa shape index (κ1) is 14.3. The highest BCUT2D eigenvalue weighted by molar-refractivity contribution is 5.82. The molecule has 0 unspecified atom stereocenters. The third-order valence-corrected chi connectivity index (χ3v) is 3.04. The lowest BCUT2D eigenvalue weighted by atomic mass is 10.1. The van der Waals surface area contributed by atoms with E-state index in [1.165, 1.54) is 5.56 Å².